The summed E-state index contributed by atoms with van der Waals surface area (Å²) in [6, 6.07) is 11.9. The molecule has 2 rings (SSSR count). The Bertz CT molecular complexity index is 706. The van der Waals surface area contributed by atoms with Crippen molar-refractivity contribution in [2.45, 2.75) is 52.7 Å². The molecule has 24 heavy (non-hydrogen) atoms. The van der Waals surface area contributed by atoms with Gasteiger partial charge in [-0.3, -0.25) is 9.59 Å². The highest BCUT2D eigenvalue weighted by Gasteiger charge is 2.07. The third kappa shape index (κ3) is 5.08. The highest BCUT2D eigenvalue weighted by Crippen LogP contribution is 2.22. The summed E-state index contributed by atoms with van der Waals surface area (Å²) in [5, 5.41) is 2.09. The van der Waals surface area contributed by atoms with Crippen LogP contribution in [0.5, 0.6) is 0 Å². The first-order valence-electron chi connectivity index (χ1n) is 8.45. The van der Waals surface area contributed by atoms with Gasteiger partial charge in [-0.1, -0.05) is 44.2 Å². The Balaban J connectivity index is 2.12. The molecular formula is C20H24O4. The molecule has 0 atom stereocenters. The Morgan fingerprint density at radius 2 is 1.54 bits per heavy atom. The summed E-state index contributed by atoms with van der Waals surface area (Å²) < 4.78 is 10.6. The zero-order valence-corrected chi connectivity index (χ0v) is 14.3. The van der Waals surface area contributed by atoms with Crippen LogP contribution in [0.15, 0.2) is 36.4 Å². The molecule has 4 nitrogen and oxygen atoms in total. The Labute approximate surface area is 142 Å². The molecule has 0 radical (unpaired) electrons. The number of fused-ring (bicyclic) bond motifs is 1. The van der Waals surface area contributed by atoms with E-state index in [1.807, 2.05) is 50.2 Å². The Morgan fingerprint density at radius 3 is 2.21 bits per heavy atom. The SMILES string of the molecule is CCCC(=O)OCc1ccc2cccc(COC(=O)CCC)c2c1. The molecule has 0 heterocycles. The van der Waals surface area contributed by atoms with Crippen LogP contribution in [0, 0.1) is 0 Å². The van der Waals surface area contributed by atoms with E-state index in [1.165, 1.54) is 0 Å². The van der Waals surface area contributed by atoms with Gasteiger partial charge in [0.25, 0.3) is 0 Å². The van der Waals surface area contributed by atoms with Gasteiger partial charge in [-0.05, 0) is 40.8 Å². The van der Waals surface area contributed by atoms with E-state index in [-0.39, 0.29) is 25.2 Å². The van der Waals surface area contributed by atoms with Crippen molar-refractivity contribution in [1.29, 1.82) is 0 Å². The number of carbonyl (C=O) groups excluding carboxylic acids is 2. The Hall–Kier alpha value is -2.36. The molecule has 2 aromatic carbocycles. The predicted octanol–water partition coefficient (Wildman–Crippen LogP) is 4.53. The van der Waals surface area contributed by atoms with Gasteiger partial charge in [0.05, 0.1) is 0 Å². The third-order valence-electron chi connectivity index (χ3n) is 3.73. The van der Waals surface area contributed by atoms with E-state index in [1.54, 1.807) is 0 Å². The summed E-state index contributed by atoms with van der Waals surface area (Å²) in [5.74, 6) is -0.362. The normalized spacial score (nSPS) is 10.6. The Kier molecular flexibility index (Phi) is 6.79. The van der Waals surface area contributed by atoms with Gasteiger partial charge >= 0.3 is 11.9 Å². The largest absolute Gasteiger partial charge is 0.461 e. The van der Waals surface area contributed by atoms with Crippen LogP contribution in [-0.4, -0.2) is 11.9 Å². The first kappa shape index (κ1) is 18.0. The molecule has 0 fully saturated rings. The van der Waals surface area contributed by atoms with Crippen LogP contribution in [0.4, 0.5) is 0 Å². The lowest BCUT2D eigenvalue weighted by molar-refractivity contribution is -0.145. The van der Waals surface area contributed by atoms with E-state index in [9.17, 15) is 9.59 Å². The van der Waals surface area contributed by atoms with Crippen LogP contribution < -0.4 is 0 Å². The lowest BCUT2D eigenvalue weighted by Crippen LogP contribution is -2.05. The number of rotatable bonds is 8. The average Bonchev–Trinajstić information content (AvgIpc) is 2.58. The monoisotopic (exact) mass is 328 g/mol. The maximum absolute atomic E-state index is 11.6. The van der Waals surface area contributed by atoms with Gasteiger partial charge in [-0.2, -0.15) is 0 Å². The fourth-order valence-corrected chi connectivity index (χ4v) is 2.47. The molecule has 0 saturated heterocycles. The number of hydrogen-bond acceptors (Lipinski definition) is 4. The van der Waals surface area contributed by atoms with Crippen LogP contribution in [0.3, 0.4) is 0 Å². The van der Waals surface area contributed by atoms with Gasteiger partial charge in [0.15, 0.2) is 0 Å². The second kappa shape index (κ2) is 9.06. The minimum absolute atomic E-state index is 0.181. The molecule has 0 spiro atoms. The molecule has 128 valence electrons. The van der Waals surface area contributed by atoms with Gasteiger partial charge in [0.1, 0.15) is 13.2 Å². The number of hydrogen-bond donors (Lipinski definition) is 0. The van der Waals surface area contributed by atoms with E-state index < -0.39 is 0 Å². The maximum Gasteiger partial charge on any atom is 0.306 e. The first-order valence-corrected chi connectivity index (χ1v) is 8.45. The molecule has 0 aliphatic rings. The minimum atomic E-state index is -0.181. The summed E-state index contributed by atoms with van der Waals surface area (Å²) in [6.45, 7) is 4.42. The molecule has 2 aromatic rings. The molecule has 0 saturated carbocycles. The van der Waals surface area contributed by atoms with Crippen molar-refractivity contribution < 1.29 is 19.1 Å². The number of carbonyl (C=O) groups is 2. The molecule has 0 aliphatic heterocycles. The minimum Gasteiger partial charge on any atom is -0.461 e. The zero-order chi connectivity index (χ0) is 17.4. The topological polar surface area (TPSA) is 52.6 Å². The van der Waals surface area contributed by atoms with Crippen molar-refractivity contribution in [2.24, 2.45) is 0 Å². The standard InChI is InChI=1S/C20H24O4/c1-3-6-19(21)23-13-15-10-11-16-8-5-9-17(18(16)12-15)14-24-20(22)7-4-2/h5,8-12H,3-4,6-7,13-14H2,1-2H3. The van der Waals surface area contributed by atoms with Crippen LogP contribution >= 0.6 is 0 Å². The van der Waals surface area contributed by atoms with E-state index in [2.05, 4.69) is 0 Å². The summed E-state index contributed by atoms with van der Waals surface area (Å²) >= 11 is 0. The van der Waals surface area contributed by atoms with Gasteiger partial charge in [0, 0.05) is 12.8 Å². The van der Waals surface area contributed by atoms with Crippen molar-refractivity contribution in [3.63, 3.8) is 0 Å². The van der Waals surface area contributed by atoms with Crippen molar-refractivity contribution in [3.05, 3.63) is 47.5 Å². The highest BCUT2D eigenvalue weighted by molar-refractivity contribution is 5.86. The molecule has 0 amide bonds. The molecule has 0 aromatic heterocycles. The van der Waals surface area contributed by atoms with Crippen molar-refractivity contribution in [2.75, 3.05) is 0 Å². The smallest absolute Gasteiger partial charge is 0.306 e. The summed E-state index contributed by atoms with van der Waals surface area (Å²) in [4.78, 5) is 23.1. The predicted molar refractivity (Wildman–Crippen MR) is 93.4 cm³/mol. The number of benzene rings is 2. The average molecular weight is 328 g/mol. The van der Waals surface area contributed by atoms with Crippen molar-refractivity contribution in [3.8, 4) is 0 Å². The van der Waals surface area contributed by atoms with Gasteiger partial charge in [-0.25, -0.2) is 0 Å². The summed E-state index contributed by atoms with van der Waals surface area (Å²) in [7, 11) is 0. The Morgan fingerprint density at radius 1 is 0.875 bits per heavy atom. The van der Waals surface area contributed by atoms with Crippen molar-refractivity contribution in [1.82, 2.24) is 0 Å². The molecular weight excluding hydrogens is 304 g/mol. The molecule has 0 bridgehead atoms. The fraction of sp³-hybridized carbons (Fsp3) is 0.400. The van der Waals surface area contributed by atoms with E-state index >= 15 is 0 Å². The summed E-state index contributed by atoms with van der Waals surface area (Å²) in [5.41, 5.74) is 1.89. The molecule has 0 unspecified atom stereocenters. The van der Waals surface area contributed by atoms with Crippen LogP contribution in [-0.2, 0) is 32.3 Å². The highest BCUT2D eigenvalue weighted by atomic mass is 16.5. The van der Waals surface area contributed by atoms with Crippen LogP contribution in [0.1, 0.15) is 50.7 Å². The molecule has 0 N–H and O–H groups in total. The third-order valence-corrected chi connectivity index (χ3v) is 3.73. The zero-order valence-electron chi connectivity index (χ0n) is 14.3. The summed E-state index contributed by atoms with van der Waals surface area (Å²) in [6.07, 6.45) is 2.43. The second-order valence-corrected chi connectivity index (χ2v) is 5.79. The lowest BCUT2D eigenvalue weighted by Gasteiger charge is -2.10. The fourth-order valence-electron chi connectivity index (χ4n) is 2.47. The quantitative estimate of drug-likeness (QED) is 0.668. The first-order chi connectivity index (χ1) is 11.6. The van der Waals surface area contributed by atoms with Gasteiger partial charge in [-0.15, -0.1) is 0 Å². The van der Waals surface area contributed by atoms with E-state index in [0.29, 0.717) is 12.8 Å². The number of esters is 2. The van der Waals surface area contributed by atoms with E-state index in [4.69, 9.17) is 9.47 Å². The van der Waals surface area contributed by atoms with Crippen LogP contribution in [0.2, 0.25) is 0 Å². The molecule has 4 heteroatoms. The van der Waals surface area contributed by atoms with Crippen LogP contribution in [0.25, 0.3) is 10.8 Å². The second-order valence-electron chi connectivity index (χ2n) is 5.79. The maximum atomic E-state index is 11.6. The molecule has 0 aliphatic carbocycles. The van der Waals surface area contributed by atoms with E-state index in [0.717, 1.165) is 34.7 Å². The lowest BCUT2D eigenvalue weighted by atomic mass is 10.0. The van der Waals surface area contributed by atoms with Crippen molar-refractivity contribution >= 4 is 22.7 Å². The van der Waals surface area contributed by atoms with Gasteiger partial charge < -0.3 is 9.47 Å². The van der Waals surface area contributed by atoms with Gasteiger partial charge in [0.2, 0.25) is 0 Å². The number of ether oxygens (including phenoxy) is 2.